The lowest BCUT2D eigenvalue weighted by Gasteiger charge is -2.47. The summed E-state index contributed by atoms with van der Waals surface area (Å²) in [6, 6.07) is 0. The predicted molar refractivity (Wildman–Crippen MR) is 202 cm³/mol. The molecule has 8 unspecified atom stereocenters. The summed E-state index contributed by atoms with van der Waals surface area (Å²) >= 11 is 0. The number of hydrogen-bond donors (Lipinski definition) is 5. The van der Waals surface area contributed by atoms with Gasteiger partial charge in [0.1, 0.15) is 0 Å². The molecular weight excluding hydrogens is 698 g/mol. The highest BCUT2D eigenvalue weighted by Gasteiger charge is 2.46. The highest BCUT2D eigenvalue weighted by atomic mass is 16.7. The Labute approximate surface area is 323 Å². The molecule has 17 atom stereocenters. The van der Waals surface area contributed by atoms with Gasteiger partial charge in [-0.25, -0.2) is 0 Å². The Morgan fingerprint density at radius 2 is 1.09 bits per heavy atom. The molecule has 3 amide bonds. The molecule has 14 heteroatoms. The zero-order valence-corrected chi connectivity index (χ0v) is 35.1. The van der Waals surface area contributed by atoms with Crippen LogP contribution in [0, 0.1) is 59.2 Å². The summed E-state index contributed by atoms with van der Waals surface area (Å²) in [7, 11) is 1.27. The van der Waals surface area contributed by atoms with Crippen LogP contribution in [-0.2, 0) is 42.8 Å². The highest BCUT2D eigenvalue weighted by Crippen LogP contribution is 2.42. The Bertz CT molecular complexity index is 1190. The van der Waals surface area contributed by atoms with E-state index in [-0.39, 0.29) is 98.1 Å². The van der Waals surface area contributed by atoms with Crippen molar-refractivity contribution < 1.29 is 53.0 Å². The monoisotopic (exact) mass is 772 g/mol. The second-order valence-corrected chi connectivity index (χ2v) is 17.2. The van der Waals surface area contributed by atoms with Gasteiger partial charge in [0, 0.05) is 31.2 Å². The predicted octanol–water partition coefficient (Wildman–Crippen LogP) is 3.42. The van der Waals surface area contributed by atoms with Crippen molar-refractivity contribution in [2.45, 2.75) is 151 Å². The number of ether oxygens (including phenoxy) is 6. The van der Waals surface area contributed by atoms with Crippen molar-refractivity contribution in [2.24, 2.45) is 59.2 Å². The molecular formula is C40H73N3O11. The molecule has 3 rings (SSSR count). The van der Waals surface area contributed by atoms with Crippen LogP contribution in [0.25, 0.3) is 0 Å². The van der Waals surface area contributed by atoms with Crippen LogP contribution in [0.4, 0.5) is 0 Å². The van der Waals surface area contributed by atoms with Crippen LogP contribution in [0.2, 0.25) is 0 Å². The molecule has 14 nitrogen and oxygen atoms in total. The molecule has 3 saturated heterocycles. The van der Waals surface area contributed by atoms with Crippen LogP contribution in [0.5, 0.6) is 0 Å². The Balaban J connectivity index is 1.73. The minimum Gasteiger partial charge on any atom is -0.380 e. The minimum atomic E-state index is -2.00. The van der Waals surface area contributed by atoms with Crippen molar-refractivity contribution in [1.82, 2.24) is 16.0 Å². The third-order valence-electron chi connectivity index (χ3n) is 12.7. The Morgan fingerprint density at radius 3 is 1.65 bits per heavy atom. The maximum atomic E-state index is 13.3. The van der Waals surface area contributed by atoms with Gasteiger partial charge >= 0.3 is 0 Å². The first-order valence-electron chi connectivity index (χ1n) is 20.3. The van der Waals surface area contributed by atoms with Crippen LogP contribution in [-0.4, -0.2) is 110 Å². The number of nitrogens with one attached hydrogen (secondary N) is 3. The SMILES string of the molecule is CNC(=O)C(O)C(O)C(=O)NCNC(=O)CC1[C@H](OCC2O[C@@H](OC(C)C)C(C)[C@H](C)[C@@H]2C)OC(CO[C@@H]2OC(CC(C)C)[C@@H](C)[C@@H](C)C2C)[C@@H](C)[C@H]1C. The molecule has 5 N–H and O–H groups in total. The number of carbonyl (C=O) groups excluding carboxylic acids is 3. The zero-order chi connectivity index (χ0) is 40.6. The molecule has 0 bridgehead atoms. The van der Waals surface area contributed by atoms with Gasteiger partial charge in [-0.15, -0.1) is 0 Å². The summed E-state index contributed by atoms with van der Waals surface area (Å²) in [5.41, 5.74) is 0. The number of aliphatic hydroxyl groups excluding tert-OH is 2. The summed E-state index contributed by atoms with van der Waals surface area (Å²) in [6.45, 7) is 26.1. The van der Waals surface area contributed by atoms with E-state index in [2.05, 4.69) is 85.2 Å². The molecule has 3 aliphatic rings. The Hall–Kier alpha value is -1.91. The normalized spacial score (nSPS) is 38.5. The third kappa shape index (κ3) is 12.0. The van der Waals surface area contributed by atoms with E-state index in [0.717, 1.165) is 6.42 Å². The van der Waals surface area contributed by atoms with Crippen LogP contribution >= 0.6 is 0 Å². The van der Waals surface area contributed by atoms with Gasteiger partial charge in [0.05, 0.1) is 44.3 Å². The molecule has 3 fully saturated rings. The van der Waals surface area contributed by atoms with Gasteiger partial charge in [-0.3, -0.25) is 14.4 Å². The molecule has 3 heterocycles. The fourth-order valence-corrected chi connectivity index (χ4v) is 7.96. The molecule has 0 radical (unpaired) electrons. The number of amides is 3. The van der Waals surface area contributed by atoms with Gasteiger partial charge in [0.15, 0.2) is 31.1 Å². The lowest BCUT2D eigenvalue weighted by molar-refractivity contribution is -0.308. The molecule has 0 aromatic carbocycles. The van der Waals surface area contributed by atoms with E-state index >= 15 is 0 Å². The van der Waals surface area contributed by atoms with E-state index < -0.39 is 30.3 Å². The first-order valence-corrected chi connectivity index (χ1v) is 20.3. The van der Waals surface area contributed by atoms with Gasteiger partial charge in [0.25, 0.3) is 11.8 Å². The van der Waals surface area contributed by atoms with Gasteiger partial charge in [0.2, 0.25) is 5.91 Å². The van der Waals surface area contributed by atoms with Crippen LogP contribution in [0.1, 0.15) is 95.9 Å². The molecule has 0 aromatic rings. The van der Waals surface area contributed by atoms with Crippen molar-refractivity contribution in [3.8, 4) is 0 Å². The third-order valence-corrected chi connectivity index (χ3v) is 12.7. The van der Waals surface area contributed by atoms with Crippen LogP contribution in [0.3, 0.4) is 0 Å². The van der Waals surface area contributed by atoms with Crippen molar-refractivity contribution in [1.29, 1.82) is 0 Å². The summed E-state index contributed by atoms with van der Waals surface area (Å²) in [5.74, 6) is -0.401. The lowest BCUT2D eigenvalue weighted by atomic mass is 9.76. The molecule has 54 heavy (non-hydrogen) atoms. The van der Waals surface area contributed by atoms with E-state index in [1.807, 2.05) is 13.8 Å². The molecule has 0 spiro atoms. The summed E-state index contributed by atoms with van der Waals surface area (Å²) < 4.78 is 39.0. The topological polar surface area (TPSA) is 183 Å². The van der Waals surface area contributed by atoms with E-state index in [9.17, 15) is 24.6 Å². The van der Waals surface area contributed by atoms with E-state index in [4.69, 9.17) is 28.4 Å². The molecule has 3 aliphatic heterocycles. The smallest absolute Gasteiger partial charge is 0.253 e. The summed E-state index contributed by atoms with van der Waals surface area (Å²) in [6.07, 6.45) is -4.90. The molecule has 0 aliphatic carbocycles. The number of carbonyl (C=O) groups is 3. The summed E-state index contributed by atoms with van der Waals surface area (Å²) in [4.78, 5) is 37.2. The fourth-order valence-electron chi connectivity index (χ4n) is 7.96. The highest BCUT2D eigenvalue weighted by molar-refractivity contribution is 5.90. The first kappa shape index (κ1) is 46.5. The quantitative estimate of drug-likeness (QED) is 0.137. The molecule has 0 saturated carbocycles. The van der Waals surface area contributed by atoms with Gasteiger partial charge in [-0.05, 0) is 61.7 Å². The van der Waals surface area contributed by atoms with E-state index in [1.165, 1.54) is 7.05 Å². The maximum Gasteiger partial charge on any atom is 0.253 e. The van der Waals surface area contributed by atoms with Crippen molar-refractivity contribution in [3.05, 3.63) is 0 Å². The fraction of sp³-hybridized carbons (Fsp3) is 0.925. The van der Waals surface area contributed by atoms with Gasteiger partial charge in [-0.1, -0.05) is 69.2 Å². The van der Waals surface area contributed by atoms with Crippen LogP contribution in [0.15, 0.2) is 0 Å². The van der Waals surface area contributed by atoms with Crippen molar-refractivity contribution in [3.63, 3.8) is 0 Å². The number of aliphatic hydroxyl groups is 2. The van der Waals surface area contributed by atoms with Gasteiger partial charge < -0.3 is 54.6 Å². The van der Waals surface area contributed by atoms with Crippen LogP contribution < -0.4 is 16.0 Å². The number of rotatable bonds is 17. The molecule has 314 valence electrons. The second-order valence-electron chi connectivity index (χ2n) is 17.2. The van der Waals surface area contributed by atoms with Crippen molar-refractivity contribution >= 4 is 17.7 Å². The maximum absolute atomic E-state index is 13.3. The summed E-state index contributed by atoms with van der Waals surface area (Å²) in [5, 5.41) is 27.0. The molecule has 0 aromatic heterocycles. The van der Waals surface area contributed by atoms with Gasteiger partial charge in [-0.2, -0.15) is 0 Å². The number of hydrogen-bond acceptors (Lipinski definition) is 11. The standard InChI is InChI=1S/C40H73N3O11/c1-19(2)14-30-24(8)21(5)27(11)38(52-30)49-16-32-26(10)23(7)29(15-33(44)42-18-43-37(48)35(46)34(45)36(47)41-13)40(54-32)50-17-31-25(9)22(6)28(12)39(53-31)51-20(3)4/h19-32,34-35,38-40,45-46H,14-18H2,1-13H3,(H,41,47)(H,42,44)(H,43,48)/t21-,22-,23-,24+,25+,26+,27?,28?,29?,30?,31?,32?,34?,35?,38-,39-,40-/m1/s1. The van der Waals surface area contributed by atoms with Crippen molar-refractivity contribution in [2.75, 3.05) is 26.9 Å². The van der Waals surface area contributed by atoms with E-state index in [1.54, 1.807) is 0 Å². The lowest BCUT2D eigenvalue weighted by Crippen LogP contribution is -2.53. The second kappa shape index (κ2) is 21.0. The first-order chi connectivity index (χ1) is 25.3. The number of likely N-dealkylation sites (N-methyl/N-ethyl adjacent to an activating group) is 1. The minimum absolute atomic E-state index is 0.0000440. The largest absolute Gasteiger partial charge is 0.380 e. The Kier molecular flexibility index (Phi) is 18.1. The Morgan fingerprint density at radius 1 is 0.611 bits per heavy atom. The van der Waals surface area contributed by atoms with E-state index in [0.29, 0.717) is 30.3 Å². The average molecular weight is 772 g/mol. The average Bonchev–Trinajstić information content (AvgIpc) is 3.12. The zero-order valence-electron chi connectivity index (χ0n) is 35.1.